The van der Waals surface area contributed by atoms with Gasteiger partial charge < -0.3 is 9.51 Å². The molecular formula is C21H15N3O. The maximum Gasteiger partial charge on any atom is 0.137 e. The smallest absolute Gasteiger partial charge is 0.137 e. The first-order chi connectivity index (χ1) is 12.3. The van der Waals surface area contributed by atoms with Crippen molar-refractivity contribution < 1.29 is 5.11 Å². The number of nitrogens with zero attached hydrogens (tertiary/aromatic N) is 3. The van der Waals surface area contributed by atoms with Gasteiger partial charge in [-0.25, -0.2) is 4.98 Å². The van der Waals surface area contributed by atoms with Crippen molar-refractivity contribution in [2.45, 2.75) is 6.61 Å². The lowest BCUT2D eigenvalue weighted by molar-refractivity contribution is 0.282. The van der Waals surface area contributed by atoms with E-state index in [1.807, 2.05) is 71.4 Å². The lowest BCUT2D eigenvalue weighted by atomic mass is 10.1. The summed E-state index contributed by atoms with van der Waals surface area (Å²) in [5.74, 6) is 0. The van der Waals surface area contributed by atoms with Crippen molar-refractivity contribution >= 4 is 5.65 Å². The fourth-order valence-corrected chi connectivity index (χ4v) is 2.90. The molecule has 4 nitrogen and oxygen atoms in total. The minimum absolute atomic E-state index is 0.0283. The third kappa shape index (κ3) is 2.89. The monoisotopic (exact) mass is 325 g/mol. The molecule has 1 N–H and O–H groups in total. The zero-order valence-corrected chi connectivity index (χ0v) is 13.4. The van der Waals surface area contributed by atoms with Gasteiger partial charge in [0.25, 0.3) is 0 Å². The molecule has 4 rings (SSSR count). The number of fused-ring (bicyclic) bond motifs is 1. The van der Waals surface area contributed by atoms with E-state index >= 15 is 0 Å². The van der Waals surface area contributed by atoms with Crippen molar-refractivity contribution in [2.24, 2.45) is 0 Å². The molecule has 2 aromatic carbocycles. The fourth-order valence-electron chi connectivity index (χ4n) is 2.90. The predicted octanol–water partition coefficient (Wildman–Crippen LogP) is 4.03. The summed E-state index contributed by atoms with van der Waals surface area (Å²) in [4.78, 5) is 4.64. The van der Waals surface area contributed by atoms with Gasteiger partial charge in [0.2, 0.25) is 0 Å². The number of benzene rings is 2. The van der Waals surface area contributed by atoms with E-state index in [-0.39, 0.29) is 6.61 Å². The quantitative estimate of drug-likeness (QED) is 0.618. The lowest BCUT2D eigenvalue weighted by Gasteiger charge is -2.04. The van der Waals surface area contributed by atoms with Crippen molar-refractivity contribution in [2.75, 3.05) is 0 Å². The predicted molar refractivity (Wildman–Crippen MR) is 96.7 cm³/mol. The Morgan fingerprint density at radius 1 is 0.920 bits per heavy atom. The van der Waals surface area contributed by atoms with E-state index in [0.29, 0.717) is 5.56 Å². The Labute approximate surface area is 145 Å². The minimum Gasteiger partial charge on any atom is -0.392 e. The standard InChI is InChI=1S/C21H15N3O/c22-11-15-3-1-6-18(9-15)20-13-24-12-19(7-8-21(24)23-20)17-5-2-4-16(10-17)14-25/h1-10,12-13,25H,14H2. The van der Waals surface area contributed by atoms with Gasteiger partial charge in [0.1, 0.15) is 5.65 Å². The summed E-state index contributed by atoms with van der Waals surface area (Å²) >= 11 is 0. The van der Waals surface area contributed by atoms with Crippen molar-refractivity contribution in [3.8, 4) is 28.5 Å². The molecule has 0 fully saturated rings. The molecule has 0 atom stereocenters. The van der Waals surface area contributed by atoms with Crippen LogP contribution in [0.15, 0.2) is 73.1 Å². The molecule has 0 saturated carbocycles. The van der Waals surface area contributed by atoms with E-state index in [4.69, 9.17) is 5.26 Å². The van der Waals surface area contributed by atoms with E-state index < -0.39 is 0 Å². The Balaban J connectivity index is 1.78. The van der Waals surface area contributed by atoms with Gasteiger partial charge >= 0.3 is 0 Å². The van der Waals surface area contributed by atoms with Crippen LogP contribution in [-0.2, 0) is 6.61 Å². The summed E-state index contributed by atoms with van der Waals surface area (Å²) in [5.41, 5.74) is 6.21. The maximum atomic E-state index is 9.31. The lowest BCUT2D eigenvalue weighted by Crippen LogP contribution is -1.87. The number of hydrogen-bond donors (Lipinski definition) is 1. The highest BCUT2D eigenvalue weighted by molar-refractivity contribution is 5.68. The zero-order chi connectivity index (χ0) is 17.2. The van der Waals surface area contributed by atoms with Crippen LogP contribution < -0.4 is 0 Å². The third-order valence-corrected chi connectivity index (χ3v) is 4.18. The van der Waals surface area contributed by atoms with Gasteiger partial charge in [-0.05, 0) is 47.0 Å². The van der Waals surface area contributed by atoms with Gasteiger partial charge in [-0.2, -0.15) is 5.26 Å². The molecule has 4 heteroatoms. The molecule has 0 bridgehead atoms. The van der Waals surface area contributed by atoms with Crippen molar-refractivity contribution in [1.29, 1.82) is 5.26 Å². The SMILES string of the molecule is N#Cc1cccc(-c2cn3cc(-c4cccc(CO)c4)ccc3n2)c1. The Hall–Kier alpha value is -3.42. The molecule has 4 aromatic rings. The summed E-state index contributed by atoms with van der Waals surface area (Å²) in [6, 6.07) is 21.4. The highest BCUT2D eigenvalue weighted by atomic mass is 16.3. The highest BCUT2D eigenvalue weighted by Crippen LogP contribution is 2.24. The molecule has 0 spiro atoms. The van der Waals surface area contributed by atoms with Crippen molar-refractivity contribution in [3.05, 3.63) is 84.2 Å². The molecular weight excluding hydrogens is 310 g/mol. The van der Waals surface area contributed by atoms with Gasteiger partial charge in [0.15, 0.2) is 0 Å². The number of aromatic nitrogens is 2. The van der Waals surface area contributed by atoms with E-state index in [1.165, 1.54) is 0 Å². The Kier molecular flexibility index (Phi) is 3.77. The molecule has 2 aromatic heterocycles. The van der Waals surface area contributed by atoms with Gasteiger partial charge in [0, 0.05) is 18.0 Å². The van der Waals surface area contributed by atoms with Gasteiger partial charge in [-0.3, -0.25) is 0 Å². The second-order valence-electron chi connectivity index (χ2n) is 5.86. The van der Waals surface area contributed by atoms with Crippen molar-refractivity contribution in [3.63, 3.8) is 0 Å². The van der Waals surface area contributed by atoms with Gasteiger partial charge in [-0.1, -0.05) is 30.3 Å². The Morgan fingerprint density at radius 3 is 2.60 bits per heavy atom. The number of nitriles is 1. The van der Waals surface area contributed by atoms with Crippen LogP contribution in [0.5, 0.6) is 0 Å². The molecule has 2 heterocycles. The van der Waals surface area contributed by atoms with Gasteiger partial charge in [-0.15, -0.1) is 0 Å². The topological polar surface area (TPSA) is 61.3 Å². The average Bonchev–Trinajstić information content (AvgIpc) is 3.11. The van der Waals surface area contributed by atoms with Crippen LogP contribution in [0.3, 0.4) is 0 Å². The number of hydrogen-bond acceptors (Lipinski definition) is 3. The molecule has 0 aliphatic carbocycles. The average molecular weight is 325 g/mol. The third-order valence-electron chi connectivity index (χ3n) is 4.18. The van der Waals surface area contributed by atoms with E-state index in [2.05, 4.69) is 11.1 Å². The second kappa shape index (κ2) is 6.23. The first-order valence-corrected chi connectivity index (χ1v) is 7.96. The number of pyridine rings is 1. The fraction of sp³-hybridized carbons (Fsp3) is 0.0476. The molecule has 0 saturated heterocycles. The number of aliphatic hydroxyl groups is 1. The van der Waals surface area contributed by atoms with E-state index in [0.717, 1.165) is 33.6 Å². The van der Waals surface area contributed by atoms with Crippen LogP contribution >= 0.6 is 0 Å². The van der Waals surface area contributed by atoms with E-state index in [1.54, 1.807) is 6.07 Å². The number of rotatable bonds is 3. The molecule has 25 heavy (non-hydrogen) atoms. The summed E-state index contributed by atoms with van der Waals surface area (Å²) in [5, 5.41) is 18.4. The van der Waals surface area contributed by atoms with Crippen LogP contribution in [0.1, 0.15) is 11.1 Å². The summed E-state index contributed by atoms with van der Waals surface area (Å²) in [7, 11) is 0. The first-order valence-electron chi connectivity index (χ1n) is 7.96. The van der Waals surface area contributed by atoms with Crippen LogP contribution in [0.2, 0.25) is 0 Å². The van der Waals surface area contributed by atoms with Crippen LogP contribution in [-0.4, -0.2) is 14.5 Å². The summed E-state index contributed by atoms with van der Waals surface area (Å²) < 4.78 is 1.98. The maximum absolute atomic E-state index is 9.31. The largest absolute Gasteiger partial charge is 0.392 e. The van der Waals surface area contributed by atoms with Crippen LogP contribution in [0.25, 0.3) is 28.0 Å². The number of aliphatic hydroxyl groups excluding tert-OH is 1. The number of imidazole rings is 1. The van der Waals surface area contributed by atoms with Gasteiger partial charge in [0.05, 0.1) is 23.9 Å². The summed E-state index contributed by atoms with van der Waals surface area (Å²) in [6.07, 6.45) is 3.99. The highest BCUT2D eigenvalue weighted by Gasteiger charge is 2.07. The normalized spacial score (nSPS) is 10.7. The first kappa shape index (κ1) is 15.1. The second-order valence-corrected chi connectivity index (χ2v) is 5.86. The van der Waals surface area contributed by atoms with Crippen LogP contribution in [0.4, 0.5) is 0 Å². The summed E-state index contributed by atoms with van der Waals surface area (Å²) in [6.45, 7) is 0.0283. The van der Waals surface area contributed by atoms with Crippen LogP contribution in [0, 0.1) is 11.3 Å². The minimum atomic E-state index is 0.0283. The molecule has 0 aliphatic heterocycles. The van der Waals surface area contributed by atoms with Crippen molar-refractivity contribution in [1.82, 2.24) is 9.38 Å². The van der Waals surface area contributed by atoms with E-state index in [9.17, 15) is 5.11 Å². The molecule has 120 valence electrons. The Morgan fingerprint density at radius 2 is 1.76 bits per heavy atom. The zero-order valence-electron chi connectivity index (χ0n) is 13.4. The molecule has 0 unspecified atom stereocenters. The molecule has 0 amide bonds. The Bertz CT molecular complexity index is 1110. The molecule has 0 radical (unpaired) electrons. The molecule has 0 aliphatic rings.